The summed E-state index contributed by atoms with van der Waals surface area (Å²) < 4.78 is 27.1. The molecule has 0 saturated carbocycles. The highest BCUT2D eigenvalue weighted by Gasteiger charge is 2.20. The number of nitrogens with zero attached hydrogens (tertiary/aromatic N) is 1. The van der Waals surface area contributed by atoms with E-state index in [1.165, 1.54) is 14.2 Å². The lowest BCUT2D eigenvalue weighted by Crippen LogP contribution is -2.15. The number of carbonyl (C=O) groups is 1. The smallest absolute Gasteiger partial charge is 0.263 e. The van der Waals surface area contributed by atoms with E-state index in [0.717, 1.165) is 0 Å². The third kappa shape index (κ3) is 3.73. The van der Waals surface area contributed by atoms with Crippen LogP contribution < -0.4 is 29.0 Å². The number of methoxy groups -OCH3 is 2. The molecule has 2 heterocycles. The summed E-state index contributed by atoms with van der Waals surface area (Å²) in [6, 6.07) is 13.7. The van der Waals surface area contributed by atoms with Crippen LogP contribution in [0.25, 0.3) is 0 Å². The van der Waals surface area contributed by atoms with Crippen LogP contribution in [0.3, 0.4) is 0 Å². The van der Waals surface area contributed by atoms with Crippen LogP contribution in [0.15, 0.2) is 54.7 Å². The molecular weight excluding hydrogens is 376 g/mol. The molecule has 1 aliphatic heterocycles. The van der Waals surface area contributed by atoms with Gasteiger partial charge in [0.05, 0.1) is 14.2 Å². The van der Waals surface area contributed by atoms with E-state index < -0.39 is 5.91 Å². The minimum atomic E-state index is -0.414. The van der Waals surface area contributed by atoms with Gasteiger partial charge in [0.15, 0.2) is 11.5 Å². The molecule has 2 aromatic carbocycles. The van der Waals surface area contributed by atoms with Crippen LogP contribution in [0.4, 0.5) is 5.69 Å². The van der Waals surface area contributed by atoms with Gasteiger partial charge in [-0.25, -0.2) is 4.98 Å². The highest BCUT2D eigenvalue weighted by molar-refractivity contribution is 6.08. The molecule has 3 aromatic rings. The maximum Gasteiger partial charge on any atom is 0.263 e. The second-order valence-electron chi connectivity index (χ2n) is 5.96. The zero-order chi connectivity index (χ0) is 20.2. The lowest BCUT2D eigenvalue weighted by molar-refractivity contribution is 0.102. The first-order chi connectivity index (χ1) is 14.2. The zero-order valence-electron chi connectivity index (χ0n) is 15.8. The van der Waals surface area contributed by atoms with Crippen molar-refractivity contribution in [2.45, 2.75) is 0 Å². The molecule has 8 nitrogen and oxygen atoms in total. The molecule has 148 valence electrons. The van der Waals surface area contributed by atoms with Crippen molar-refractivity contribution in [1.82, 2.24) is 4.98 Å². The Morgan fingerprint density at radius 1 is 1.00 bits per heavy atom. The third-order valence-electron chi connectivity index (χ3n) is 4.23. The number of anilines is 1. The van der Waals surface area contributed by atoms with Crippen molar-refractivity contribution in [3.8, 4) is 34.6 Å². The number of amides is 1. The van der Waals surface area contributed by atoms with E-state index in [2.05, 4.69) is 10.3 Å². The van der Waals surface area contributed by atoms with Gasteiger partial charge < -0.3 is 29.0 Å². The summed E-state index contributed by atoms with van der Waals surface area (Å²) in [6.07, 6.45) is 1.57. The van der Waals surface area contributed by atoms with Gasteiger partial charge in [-0.2, -0.15) is 0 Å². The van der Waals surface area contributed by atoms with E-state index in [-0.39, 0.29) is 18.2 Å². The minimum absolute atomic E-state index is 0.171. The van der Waals surface area contributed by atoms with Gasteiger partial charge in [0.2, 0.25) is 12.7 Å². The number of nitrogens with one attached hydrogen (secondary N) is 1. The monoisotopic (exact) mass is 394 g/mol. The van der Waals surface area contributed by atoms with Gasteiger partial charge in [-0.3, -0.25) is 4.79 Å². The Morgan fingerprint density at radius 3 is 2.52 bits per heavy atom. The van der Waals surface area contributed by atoms with Crippen LogP contribution in [-0.4, -0.2) is 31.9 Å². The number of benzene rings is 2. The van der Waals surface area contributed by atoms with Gasteiger partial charge in [-0.15, -0.1) is 0 Å². The molecule has 0 unspecified atom stereocenters. The molecule has 4 rings (SSSR count). The van der Waals surface area contributed by atoms with Crippen molar-refractivity contribution in [3.63, 3.8) is 0 Å². The molecule has 8 heteroatoms. The Bertz CT molecular complexity index is 1030. The van der Waals surface area contributed by atoms with Crippen molar-refractivity contribution in [1.29, 1.82) is 0 Å². The number of aromatic nitrogens is 1. The number of carbonyl (C=O) groups excluding carboxylic acids is 1. The van der Waals surface area contributed by atoms with Gasteiger partial charge in [-0.05, 0) is 36.4 Å². The molecule has 0 spiro atoms. The fraction of sp³-hybridized carbons (Fsp3) is 0.143. The van der Waals surface area contributed by atoms with Gasteiger partial charge >= 0.3 is 0 Å². The van der Waals surface area contributed by atoms with Crippen LogP contribution in [0.5, 0.6) is 34.6 Å². The maximum absolute atomic E-state index is 12.9. The first-order valence-electron chi connectivity index (χ1n) is 8.74. The summed E-state index contributed by atoms with van der Waals surface area (Å²) in [5.74, 6) is 2.33. The normalized spacial score (nSPS) is 11.7. The van der Waals surface area contributed by atoms with Crippen molar-refractivity contribution in [2.24, 2.45) is 0 Å². The minimum Gasteiger partial charge on any atom is -0.496 e. The summed E-state index contributed by atoms with van der Waals surface area (Å²) in [5.41, 5.74) is 0.665. The van der Waals surface area contributed by atoms with Gasteiger partial charge in [-0.1, -0.05) is 6.07 Å². The van der Waals surface area contributed by atoms with Gasteiger partial charge in [0.25, 0.3) is 5.91 Å². The van der Waals surface area contributed by atoms with E-state index >= 15 is 0 Å². The van der Waals surface area contributed by atoms with Gasteiger partial charge in [0.1, 0.15) is 28.5 Å². The Kier molecular flexibility index (Phi) is 5.07. The second-order valence-corrected chi connectivity index (χ2v) is 5.96. The Balaban J connectivity index is 1.60. The molecule has 0 atom stereocenters. The summed E-state index contributed by atoms with van der Waals surface area (Å²) in [4.78, 5) is 17.2. The Labute approximate surface area is 166 Å². The molecule has 1 amide bonds. The van der Waals surface area contributed by atoms with Crippen LogP contribution in [0, 0.1) is 0 Å². The number of ether oxygens (including phenoxy) is 5. The highest BCUT2D eigenvalue weighted by Crippen LogP contribution is 2.37. The number of fused-ring (bicyclic) bond motifs is 1. The largest absolute Gasteiger partial charge is 0.496 e. The number of rotatable bonds is 6. The van der Waals surface area contributed by atoms with E-state index in [1.807, 2.05) is 0 Å². The van der Waals surface area contributed by atoms with Crippen molar-refractivity contribution < 1.29 is 28.5 Å². The van der Waals surface area contributed by atoms with Crippen LogP contribution in [0.2, 0.25) is 0 Å². The molecule has 0 radical (unpaired) electrons. The average Bonchev–Trinajstić information content (AvgIpc) is 3.22. The summed E-state index contributed by atoms with van der Waals surface area (Å²) in [6.45, 7) is 0.171. The Hall–Kier alpha value is -3.94. The Morgan fingerprint density at radius 2 is 1.76 bits per heavy atom. The first kappa shape index (κ1) is 18.4. The first-order valence-corrected chi connectivity index (χ1v) is 8.74. The molecule has 1 aromatic heterocycles. The number of hydrogen-bond donors (Lipinski definition) is 1. The molecule has 0 saturated heterocycles. The van der Waals surface area contributed by atoms with Crippen molar-refractivity contribution in [3.05, 3.63) is 60.3 Å². The highest BCUT2D eigenvalue weighted by atomic mass is 16.7. The fourth-order valence-electron chi connectivity index (χ4n) is 2.88. The summed E-state index contributed by atoms with van der Waals surface area (Å²) in [5, 5.41) is 2.81. The lowest BCUT2D eigenvalue weighted by atomic mass is 10.1. The van der Waals surface area contributed by atoms with E-state index in [9.17, 15) is 4.79 Å². The molecule has 0 fully saturated rings. The fourth-order valence-corrected chi connectivity index (χ4v) is 2.88. The molecule has 1 N–H and O–H groups in total. The predicted octanol–water partition coefficient (Wildman–Crippen LogP) is 3.87. The molecule has 0 bridgehead atoms. The third-order valence-corrected chi connectivity index (χ3v) is 4.23. The zero-order valence-corrected chi connectivity index (χ0v) is 15.8. The predicted molar refractivity (Wildman–Crippen MR) is 104 cm³/mol. The number of pyridine rings is 1. The van der Waals surface area contributed by atoms with E-state index in [4.69, 9.17) is 23.7 Å². The molecular formula is C21H18N2O6. The van der Waals surface area contributed by atoms with E-state index in [0.29, 0.717) is 34.4 Å². The van der Waals surface area contributed by atoms with Gasteiger partial charge in [0, 0.05) is 12.3 Å². The summed E-state index contributed by atoms with van der Waals surface area (Å²) in [7, 11) is 2.98. The topological polar surface area (TPSA) is 88.1 Å². The molecule has 0 aliphatic carbocycles. The van der Waals surface area contributed by atoms with Crippen LogP contribution in [-0.2, 0) is 0 Å². The summed E-state index contributed by atoms with van der Waals surface area (Å²) >= 11 is 0. The number of hydrogen-bond acceptors (Lipinski definition) is 7. The van der Waals surface area contributed by atoms with Crippen molar-refractivity contribution >= 4 is 11.6 Å². The molecule has 29 heavy (non-hydrogen) atoms. The van der Waals surface area contributed by atoms with Crippen LogP contribution >= 0.6 is 0 Å². The lowest BCUT2D eigenvalue weighted by Gasteiger charge is -2.14. The standard InChI is InChI=1S/C21H18N2O6/c1-25-16-6-3-7-17(26-2)19(16)20(24)23-14-5-4-10-22-21(14)29-13-8-9-15-18(11-13)28-12-27-15/h3-11H,12H2,1-2H3,(H,23,24). The maximum atomic E-state index is 12.9. The second kappa shape index (κ2) is 7.97. The average molecular weight is 394 g/mol. The molecule has 1 aliphatic rings. The SMILES string of the molecule is COc1cccc(OC)c1C(=O)Nc1cccnc1Oc1ccc2c(c1)OCO2. The van der Waals surface area contributed by atoms with Crippen LogP contribution in [0.1, 0.15) is 10.4 Å². The van der Waals surface area contributed by atoms with E-state index in [1.54, 1.807) is 54.7 Å². The quantitative estimate of drug-likeness (QED) is 0.679. The van der Waals surface area contributed by atoms with Crippen molar-refractivity contribution in [2.75, 3.05) is 26.3 Å².